The summed E-state index contributed by atoms with van der Waals surface area (Å²) in [5.74, 6) is -0.347. The van der Waals surface area contributed by atoms with Crippen molar-refractivity contribution >= 4 is 5.91 Å². The number of rotatable bonds is 6. The lowest BCUT2D eigenvalue weighted by atomic mass is 9.64. The van der Waals surface area contributed by atoms with Gasteiger partial charge >= 0.3 is 0 Å². The highest BCUT2D eigenvalue weighted by Crippen LogP contribution is 2.44. The van der Waals surface area contributed by atoms with Gasteiger partial charge in [0.2, 0.25) is 5.91 Å². The van der Waals surface area contributed by atoms with Crippen LogP contribution in [0.3, 0.4) is 0 Å². The quantitative estimate of drug-likeness (QED) is 0.840. The van der Waals surface area contributed by atoms with Crippen LogP contribution >= 0.6 is 0 Å². The Kier molecular flexibility index (Phi) is 4.76. The molecule has 0 heterocycles. The van der Waals surface area contributed by atoms with Gasteiger partial charge in [-0.15, -0.1) is 0 Å². The van der Waals surface area contributed by atoms with E-state index >= 15 is 0 Å². The SMILES string of the molecule is CCC(O)CCNC(=O)C1(c2cccc(F)c2)CCC1. The molecular weight excluding hydrogens is 257 g/mol. The number of aliphatic hydroxyl groups is 1. The van der Waals surface area contributed by atoms with E-state index < -0.39 is 5.41 Å². The molecule has 1 aliphatic carbocycles. The number of carbonyl (C=O) groups is 1. The molecular formula is C16H22FNO2. The van der Waals surface area contributed by atoms with Crippen molar-refractivity contribution in [1.29, 1.82) is 0 Å². The Morgan fingerprint density at radius 1 is 1.50 bits per heavy atom. The normalized spacial score (nSPS) is 18.1. The Morgan fingerprint density at radius 2 is 2.25 bits per heavy atom. The van der Waals surface area contributed by atoms with Crippen molar-refractivity contribution in [2.24, 2.45) is 0 Å². The molecule has 1 aliphatic rings. The highest BCUT2D eigenvalue weighted by atomic mass is 19.1. The summed E-state index contributed by atoms with van der Waals surface area (Å²) in [4.78, 5) is 12.4. The maximum absolute atomic E-state index is 13.4. The van der Waals surface area contributed by atoms with Crippen LogP contribution in [-0.4, -0.2) is 23.7 Å². The average molecular weight is 279 g/mol. The zero-order chi connectivity index (χ0) is 14.6. The lowest BCUT2D eigenvalue weighted by molar-refractivity contribution is -0.130. The van der Waals surface area contributed by atoms with Gasteiger partial charge in [0.05, 0.1) is 11.5 Å². The predicted molar refractivity (Wildman–Crippen MR) is 75.9 cm³/mol. The number of benzene rings is 1. The van der Waals surface area contributed by atoms with E-state index in [9.17, 15) is 14.3 Å². The fourth-order valence-electron chi connectivity index (χ4n) is 2.69. The molecule has 2 N–H and O–H groups in total. The molecule has 1 amide bonds. The van der Waals surface area contributed by atoms with Crippen LogP contribution in [-0.2, 0) is 10.2 Å². The number of amides is 1. The van der Waals surface area contributed by atoms with Crippen LogP contribution in [0.2, 0.25) is 0 Å². The Labute approximate surface area is 119 Å². The van der Waals surface area contributed by atoms with Crippen molar-refractivity contribution in [3.63, 3.8) is 0 Å². The van der Waals surface area contributed by atoms with Gasteiger partial charge in [-0.05, 0) is 43.4 Å². The number of aliphatic hydroxyl groups excluding tert-OH is 1. The third kappa shape index (κ3) is 3.01. The highest BCUT2D eigenvalue weighted by Gasteiger charge is 2.45. The molecule has 3 nitrogen and oxygen atoms in total. The molecule has 0 spiro atoms. The first kappa shape index (κ1) is 15.0. The van der Waals surface area contributed by atoms with Crippen LogP contribution in [0, 0.1) is 5.82 Å². The fourth-order valence-corrected chi connectivity index (χ4v) is 2.69. The molecule has 4 heteroatoms. The summed E-state index contributed by atoms with van der Waals surface area (Å²) in [6.07, 6.45) is 3.38. The summed E-state index contributed by atoms with van der Waals surface area (Å²) in [6.45, 7) is 2.37. The van der Waals surface area contributed by atoms with Crippen molar-refractivity contribution in [2.45, 2.75) is 50.5 Å². The standard InChI is InChI=1S/C16H22FNO2/c1-2-14(19)7-10-18-15(20)16(8-4-9-16)12-5-3-6-13(17)11-12/h3,5-6,11,14,19H,2,4,7-10H2,1H3,(H,18,20). The molecule has 0 radical (unpaired) electrons. The largest absolute Gasteiger partial charge is 0.393 e. The van der Waals surface area contributed by atoms with E-state index in [1.165, 1.54) is 12.1 Å². The third-order valence-electron chi connectivity index (χ3n) is 4.25. The van der Waals surface area contributed by atoms with Crippen LogP contribution < -0.4 is 5.32 Å². The van der Waals surface area contributed by atoms with E-state index in [1.807, 2.05) is 13.0 Å². The molecule has 20 heavy (non-hydrogen) atoms. The van der Waals surface area contributed by atoms with Crippen LogP contribution in [0.25, 0.3) is 0 Å². The summed E-state index contributed by atoms with van der Waals surface area (Å²) in [5.41, 5.74) is 0.191. The van der Waals surface area contributed by atoms with Crippen molar-refractivity contribution in [2.75, 3.05) is 6.54 Å². The Bertz CT molecular complexity index is 471. The zero-order valence-electron chi connectivity index (χ0n) is 11.9. The van der Waals surface area contributed by atoms with E-state index in [2.05, 4.69) is 5.32 Å². The van der Waals surface area contributed by atoms with Crippen molar-refractivity contribution < 1.29 is 14.3 Å². The van der Waals surface area contributed by atoms with Crippen molar-refractivity contribution in [3.8, 4) is 0 Å². The zero-order valence-corrected chi connectivity index (χ0v) is 11.9. The summed E-state index contributed by atoms with van der Waals surface area (Å²) in [6, 6.07) is 6.33. The maximum Gasteiger partial charge on any atom is 0.230 e. The molecule has 0 saturated heterocycles. The van der Waals surface area contributed by atoms with Gasteiger partial charge in [-0.25, -0.2) is 4.39 Å². The molecule has 110 valence electrons. The molecule has 1 atom stereocenters. The predicted octanol–water partition coefficient (Wildman–Crippen LogP) is 2.52. The number of hydrogen-bond acceptors (Lipinski definition) is 2. The first-order valence-electron chi connectivity index (χ1n) is 7.31. The molecule has 1 fully saturated rings. The fraction of sp³-hybridized carbons (Fsp3) is 0.562. The summed E-state index contributed by atoms with van der Waals surface area (Å²) >= 11 is 0. The van der Waals surface area contributed by atoms with Gasteiger partial charge < -0.3 is 10.4 Å². The van der Waals surface area contributed by atoms with E-state index in [1.54, 1.807) is 6.07 Å². The molecule has 1 aromatic rings. The van der Waals surface area contributed by atoms with E-state index in [0.717, 1.165) is 24.8 Å². The van der Waals surface area contributed by atoms with Gasteiger partial charge in [-0.2, -0.15) is 0 Å². The second-order valence-electron chi connectivity index (χ2n) is 5.55. The second-order valence-corrected chi connectivity index (χ2v) is 5.55. The molecule has 0 aromatic heterocycles. The highest BCUT2D eigenvalue weighted by molar-refractivity contribution is 5.89. The third-order valence-corrected chi connectivity index (χ3v) is 4.25. The maximum atomic E-state index is 13.4. The lowest BCUT2D eigenvalue weighted by Crippen LogP contribution is -2.49. The monoisotopic (exact) mass is 279 g/mol. The lowest BCUT2D eigenvalue weighted by Gasteiger charge is -2.40. The molecule has 0 aliphatic heterocycles. The van der Waals surface area contributed by atoms with Crippen LogP contribution in [0.15, 0.2) is 24.3 Å². The average Bonchev–Trinajstić information content (AvgIpc) is 2.37. The first-order valence-corrected chi connectivity index (χ1v) is 7.31. The van der Waals surface area contributed by atoms with Gasteiger partial charge in [0.25, 0.3) is 0 Å². The van der Waals surface area contributed by atoms with Gasteiger partial charge in [-0.3, -0.25) is 4.79 Å². The van der Waals surface area contributed by atoms with E-state index in [4.69, 9.17) is 0 Å². The summed E-state index contributed by atoms with van der Waals surface area (Å²) in [7, 11) is 0. The van der Waals surface area contributed by atoms with Crippen LogP contribution in [0.5, 0.6) is 0 Å². The van der Waals surface area contributed by atoms with Gasteiger partial charge in [-0.1, -0.05) is 25.5 Å². The molecule has 0 bridgehead atoms. The Hall–Kier alpha value is -1.42. The van der Waals surface area contributed by atoms with E-state index in [0.29, 0.717) is 19.4 Å². The van der Waals surface area contributed by atoms with Gasteiger partial charge in [0.1, 0.15) is 5.82 Å². The second kappa shape index (κ2) is 6.35. The topological polar surface area (TPSA) is 49.3 Å². The summed E-state index contributed by atoms with van der Waals surface area (Å²) < 4.78 is 13.4. The number of nitrogens with one attached hydrogen (secondary N) is 1. The number of hydrogen-bond donors (Lipinski definition) is 2. The van der Waals surface area contributed by atoms with E-state index in [-0.39, 0.29) is 17.8 Å². The molecule has 2 rings (SSSR count). The minimum absolute atomic E-state index is 0.0438. The van der Waals surface area contributed by atoms with Gasteiger partial charge in [0, 0.05) is 6.54 Å². The van der Waals surface area contributed by atoms with Crippen LogP contribution in [0.1, 0.15) is 44.6 Å². The first-order chi connectivity index (χ1) is 9.58. The summed E-state index contributed by atoms with van der Waals surface area (Å²) in [5, 5.41) is 12.4. The molecule has 1 unspecified atom stereocenters. The minimum atomic E-state index is -0.570. The van der Waals surface area contributed by atoms with Crippen molar-refractivity contribution in [3.05, 3.63) is 35.6 Å². The number of carbonyl (C=O) groups excluding carboxylic acids is 1. The molecule has 1 saturated carbocycles. The Morgan fingerprint density at radius 3 is 2.80 bits per heavy atom. The van der Waals surface area contributed by atoms with Crippen LogP contribution in [0.4, 0.5) is 4.39 Å². The minimum Gasteiger partial charge on any atom is -0.393 e. The van der Waals surface area contributed by atoms with Crippen molar-refractivity contribution in [1.82, 2.24) is 5.32 Å². The smallest absolute Gasteiger partial charge is 0.230 e. The number of halogens is 1. The Balaban J connectivity index is 2.02. The molecule has 1 aromatic carbocycles. The van der Waals surface area contributed by atoms with Gasteiger partial charge in [0.15, 0.2) is 0 Å².